The second kappa shape index (κ2) is 8.10. The number of halogens is 1. The van der Waals surface area contributed by atoms with Gasteiger partial charge in [0.15, 0.2) is 0 Å². The average molecular weight is 339 g/mol. The van der Waals surface area contributed by atoms with Crippen molar-refractivity contribution in [1.29, 1.82) is 0 Å². The fourth-order valence-electron chi connectivity index (χ4n) is 2.20. The van der Waals surface area contributed by atoms with Gasteiger partial charge in [0.1, 0.15) is 11.5 Å². The van der Waals surface area contributed by atoms with Gasteiger partial charge in [0.2, 0.25) is 0 Å². The molecule has 0 aliphatic rings. The molecule has 0 spiro atoms. The van der Waals surface area contributed by atoms with Gasteiger partial charge in [0, 0.05) is 24.3 Å². The van der Waals surface area contributed by atoms with Crippen LogP contribution >= 0.6 is 11.6 Å². The normalized spacial score (nSPS) is 12.3. The number of aliphatic hydroxyl groups excluding tert-OH is 1. The average Bonchev–Trinajstić information content (AvgIpc) is 2.96. The molecule has 1 aromatic heterocycles. The Bertz CT molecular complexity index is 672. The Morgan fingerprint density at radius 2 is 2.17 bits per heavy atom. The third kappa shape index (κ3) is 4.79. The maximum absolute atomic E-state index is 10.7. The molecule has 2 aromatic rings. The van der Waals surface area contributed by atoms with Crippen molar-refractivity contribution in [3.63, 3.8) is 0 Å². The molecule has 0 amide bonds. The summed E-state index contributed by atoms with van der Waals surface area (Å²) in [5.74, 6) is 1.72. The molecule has 2 rings (SSSR count). The van der Waals surface area contributed by atoms with Crippen LogP contribution in [0.4, 0.5) is 5.69 Å². The lowest BCUT2D eigenvalue weighted by Gasteiger charge is -2.09. The van der Waals surface area contributed by atoms with Crippen LogP contribution in [-0.2, 0) is 6.54 Å². The second-order valence-corrected chi connectivity index (χ2v) is 5.84. The van der Waals surface area contributed by atoms with E-state index in [1.165, 1.54) is 12.1 Å². The molecule has 1 atom stereocenters. The molecule has 0 aliphatic heterocycles. The van der Waals surface area contributed by atoms with E-state index >= 15 is 0 Å². The lowest BCUT2D eigenvalue weighted by atomic mass is 10.1. The zero-order chi connectivity index (χ0) is 16.8. The van der Waals surface area contributed by atoms with Crippen LogP contribution in [-0.4, -0.2) is 23.2 Å². The Morgan fingerprint density at radius 1 is 1.39 bits per heavy atom. The van der Waals surface area contributed by atoms with Crippen LogP contribution in [0, 0.1) is 16.0 Å². The Balaban J connectivity index is 2.00. The van der Waals surface area contributed by atoms with Crippen molar-refractivity contribution in [2.75, 3.05) is 13.2 Å². The highest BCUT2D eigenvalue weighted by atomic mass is 35.5. The fraction of sp³-hybridized carbons (Fsp3) is 0.375. The van der Waals surface area contributed by atoms with Crippen LogP contribution in [0.5, 0.6) is 0 Å². The van der Waals surface area contributed by atoms with Crippen molar-refractivity contribution in [2.45, 2.75) is 19.9 Å². The lowest BCUT2D eigenvalue weighted by molar-refractivity contribution is -0.384. The molecule has 7 heteroatoms. The highest BCUT2D eigenvalue weighted by Gasteiger charge is 2.13. The standard InChI is InChI=1S/C16H19ClN2O4/c1-11(6-7-20)9-18-10-13-3-5-16(23-13)14-4-2-12(19(21)22)8-15(14)17/h2-5,8,11,18,20H,6-7,9-10H2,1H3. The molecule has 6 nitrogen and oxygen atoms in total. The third-order valence-electron chi connectivity index (χ3n) is 3.50. The predicted octanol–water partition coefficient (Wildman–Crippen LogP) is 3.62. The monoisotopic (exact) mass is 338 g/mol. The fourth-order valence-corrected chi connectivity index (χ4v) is 2.47. The topological polar surface area (TPSA) is 88.5 Å². The quantitative estimate of drug-likeness (QED) is 0.567. The van der Waals surface area contributed by atoms with Crippen molar-refractivity contribution in [1.82, 2.24) is 5.32 Å². The van der Waals surface area contributed by atoms with Gasteiger partial charge < -0.3 is 14.8 Å². The summed E-state index contributed by atoms with van der Waals surface area (Å²) >= 11 is 6.09. The van der Waals surface area contributed by atoms with E-state index < -0.39 is 4.92 Å². The number of non-ortho nitro benzene ring substituents is 1. The summed E-state index contributed by atoms with van der Waals surface area (Å²) in [6.07, 6.45) is 0.759. The molecular weight excluding hydrogens is 320 g/mol. The van der Waals surface area contributed by atoms with Gasteiger partial charge >= 0.3 is 0 Å². The maximum Gasteiger partial charge on any atom is 0.270 e. The summed E-state index contributed by atoms with van der Waals surface area (Å²) in [6.45, 7) is 3.61. The number of nitrogens with zero attached hydrogens (tertiary/aromatic N) is 1. The molecule has 0 bridgehead atoms. The van der Waals surface area contributed by atoms with Crippen LogP contribution in [0.15, 0.2) is 34.7 Å². The number of hydrogen-bond acceptors (Lipinski definition) is 5. The summed E-state index contributed by atoms with van der Waals surface area (Å²) in [4.78, 5) is 10.2. The first kappa shape index (κ1) is 17.5. The zero-order valence-corrected chi connectivity index (χ0v) is 13.5. The van der Waals surface area contributed by atoms with Gasteiger partial charge in [-0.3, -0.25) is 10.1 Å². The minimum absolute atomic E-state index is 0.0509. The minimum Gasteiger partial charge on any atom is -0.460 e. The summed E-state index contributed by atoms with van der Waals surface area (Å²) < 4.78 is 5.73. The largest absolute Gasteiger partial charge is 0.460 e. The van der Waals surface area contributed by atoms with E-state index in [-0.39, 0.29) is 17.3 Å². The first-order chi connectivity index (χ1) is 11.0. The Morgan fingerprint density at radius 3 is 2.83 bits per heavy atom. The summed E-state index contributed by atoms with van der Waals surface area (Å²) in [7, 11) is 0. The second-order valence-electron chi connectivity index (χ2n) is 5.44. The number of rotatable bonds is 8. The van der Waals surface area contributed by atoms with E-state index in [9.17, 15) is 10.1 Å². The van der Waals surface area contributed by atoms with Crippen molar-refractivity contribution in [3.8, 4) is 11.3 Å². The van der Waals surface area contributed by atoms with Crippen molar-refractivity contribution >= 4 is 17.3 Å². The Kier molecular flexibility index (Phi) is 6.15. The molecule has 0 saturated heterocycles. The van der Waals surface area contributed by atoms with Crippen LogP contribution in [0.2, 0.25) is 5.02 Å². The van der Waals surface area contributed by atoms with Gasteiger partial charge in [0.25, 0.3) is 5.69 Å². The van der Waals surface area contributed by atoms with Crippen LogP contribution < -0.4 is 5.32 Å². The molecule has 1 heterocycles. The van der Waals surface area contributed by atoms with Crippen molar-refractivity contribution < 1.29 is 14.4 Å². The number of nitro groups is 1. The summed E-state index contributed by atoms with van der Waals surface area (Å²) in [5.41, 5.74) is 0.572. The Hall–Kier alpha value is -1.89. The van der Waals surface area contributed by atoms with Gasteiger partial charge in [-0.2, -0.15) is 0 Å². The van der Waals surface area contributed by atoms with E-state index in [1.54, 1.807) is 12.1 Å². The molecule has 0 saturated carbocycles. The van der Waals surface area contributed by atoms with Crippen LogP contribution in [0.1, 0.15) is 19.1 Å². The summed E-state index contributed by atoms with van der Waals surface area (Å²) in [6, 6.07) is 7.93. The molecule has 124 valence electrons. The highest BCUT2D eigenvalue weighted by molar-refractivity contribution is 6.33. The van der Waals surface area contributed by atoms with E-state index in [1.807, 2.05) is 6.07 Å². The maximum atomic E-state index is 10.7. The third-order valence-corrected chi connectivity index (χ3v) is 3.82. The molecule has 0 aliphatic carbocycles. The number of nitrogens with one attached hydrogen (secondary N) is 1. The van der Waals surface area contributed by atoms with Gasteiger partial charge in [-0.05, 0) is 37.1 Å². The molecule has 1 unspecified atom stereocenters. The van der Waals surface area contributed by atoms with E-state index in [4.69, 9.17) is 21.1 Å². The Labute approximate surface area is 139 Å². The number of hydrogen-bond donors (Lipinski definition) is 2. The number of benzene rings is 1. The van der Waals surface area contributed by atoms with Crippen molar-refractivity contribution in [2.24, 2.45) is 5.92 Å². The lowest BCUT2D eigenvalue weighted by Crippen LogP contribution is -2.21. The zero-order valence-electron chi connectivity index (χ0n) is 12.8. The molecule has 0 radical (unpaired) electrons. The van der Waals surface area contributed by atoms with E-state index in [2.05, 4.69) is 12.2 Å². The minimum atomic E-state index is -0.485. The first-order valence-electron chi connectivity index (χ1n) is 7.36. The molecule has 1 aromatic carbocycles. The summed E-state index contributed by atoms with van der Waals surface area (Å²) in [5, 5.41) is 23.1. The molecular formula is C16H19ClN2O4. The first-order valence-corrected chi connectivity index (χ1v) is 7.73. The van der Waals surface area contributed by atoms with Crippen molar-refractivity contribution in [3.05, 3.63) is 51.2 Å². The van der Waals surface area contributed by atoms with Gasteiger partial charge in [-0.15, -0.1) is 0 Å². The van der Waals surface area contributed by atoms with Crippen LogP contribution in [0.3, 0.4) is 0 Å². The van der Waals surface area contributed by atoms with E-state index in [0.29, 0.717) is 23.8 Å². The SMILES string of the molecule is CC(CCO)CNCc1ccc(-c2ccc([N+](=O)[O-])cc2Cl)o1. The highest BCUT2D eigenvalue weighted by Crippen LogP contribution is 2.32. The molecule has 0 fully saturated rings. The number of nitro benzene ring substituents is 1. The van der Waals surface area contributed by atoms with Gasteiger partial charge in [-0.25, -0.2) is 0 Å². The van der Waals surface area contributed by atoms with Gasteiger partial charge in [0.05, 0.1) is 16.5 Å². The number of furan rings is 1. The molecule has 23 heavy (non-hydrogen) atoms. The predicted molar refractivity (Wildman–Crippen MR) is 88.4 cm³/mol. The van der Waals surface area contributed by atoms with E-state index in [0.717, 1.165) is 18.7 Å². The van der Waals surface area contributed by atoms with Crippen LogP contribution in [0.25, 0.3) is 11.3 Å². The molecule has 2 N–H and O–H groups in total. The smallest absolute Gasteiger partial charge is 0.270 e. The number of aliphatic hydroxyl groups is 1. The van der Waals surface area contributed by atoms with Gasteiger partial charge in [-0.1, -0.05) is 18.5 Å².